The number of thioether (sulfide) groups is 1. The first-order chi connectivity index (χ1) is 14.0. The second kappa shape index (κ2) is 9.71. The predicted molar refractivity (Wildman–Crippen MR) is 119 cm³/mol. The Morgan fingerprint density at radius 1 is 1.31 bits per heavy atom. The van der Waals surface area contributed by atoms with E-state index in [2.05, 4.69) is 27.8 Å². The molecular weight excluding hydrogens is 456 g/mol. The molecule has 1 aromatic rings. The number of amidine groups is 1. The maximum absolute atomic E-state index is 12.8. The standard InChI is InChI=1S/C21H25BrN2O4S/c1-5-7-9-28-17-12-15(22)14(11-16(17)26-4)19-18(20(25)27-6-2)13(3)23-21-24(19)8-10-29-21/h8,10-12,19H,5-7,9H2,1-4H3/t19-/m0/s1. The lowest BCUT2D eigenvalue weighted by atomic mass is 9.94. The fourth-order valence-electron chi connectivity index (χ4n) is 3.24. The minimum absolute atomic E-state index is 0.304. The van der Waals surface area contributed by atoms with Gasteiger partial charge in [0.1, 0.15) is 0 Å². The lowest BCUT2D eigenvalue weighted by molar-refractivity contribution is -0.139. The number of unbranched alkanes of at least 4 members (excludes halogenated alkanes) is 1. The summed E-state index contributed by atoms with van der Waals surface area (Å²) in [4.78, 5) is 19.4. The molecule has 0 unspecified atom stereocenters. The molecule has 2 aliphatic heterocycles. The monoisotopic (exact) mass is 480 g/mol. The Bertz CT molecular complexity index is 882. The number of halogens is 1. The van der Waals surface area contributed by atoms with Crippen molar-refractivity contribution in [2.24, 2.45) is 4.99 Å². The van der Waals surface area contributed by atoms with E-state index in [1.807, 2.05) is 35.6 Å². The van der Waals surface area contributed by atoms with Gasteiger partial charge in [0, 0.05) is 10.7 Å². The lowest BCUT2D eigenvalue weighted by Gasteiger charge is -2.34. The van der Waals surface area contributed by atoms with Crippen LogP contribution in [0.1, 0.15) is 45.2 Å². The van der Waals surface area contributed by atoms with Crippen LogP contribution in [0.15, 0.2) is 44.5 Å². The number of rotatable bonds is 8. The number of allylic oxidation sites excluding steroid dienone is 1. The summed E-state index contributed by atoms with van der Waals surface area (Å²) in [6.45, 7) is 6.69. The second-order valence-electron chi connectivity index (χ2n) is 6.55. The first-order valence-electron chi connectivity index (χ1n) is 9.60. The van der Waals surface area contributed by atoms with E-state index in [0.29, 0.717) is 36.0 Å². The molecule has 2 aliphatic rings. The number of aliphatic imine (C=N–C) groups is 1. The van der Waals surface area contributed by atoms with Gasteiger partial charge in [0.2, 0.25) is 0 Å². The van der Waals surface area contributed by atoms with Crippen LogP contribution in [0.5, 0.6) is 11.5 Å². The molecule has 0 amide bonds. The minimum atomic E-state index is -0.374. The smallest absolute Gasteiger partial charge is 0.338 e. The Morgan fingerprint density at radius 2 is 2.10 bits per heavy atom. The largest absolute Gasteiger partial charge is 0.493 e. The van der Waals surface area contributed by atoms with Gasteiger partial charge in [-0.3, -0.25) is 0 Å². The highest BCUT2D eigenvalue weighted by Gasteiger charge is 2.38. The molecule has 8 heteroatoms. The summed E-state index contributed by atoms with van der Waals surface area (Å²) in [5, 5.41) is 2.79. The fraction of sp³-hybridized carbons (Fsp3) is 0.429. The molecule has 156 valence electrons. The third kappa shape index (κ3) is 4.48. The molecule has 0 spiro atoms. The molecular formula is C21H25BrN2O4S. The van der Waals surface area contributed by atoms with Crippen molar-refractivity contribution in [1.82, 2.24) is 4.90 Å². The highest BCUT2D eigenvalue weighted by atomic mass is 79.9. The van der Waals surface area contributed by atoms with E-state index in [4.69, 9.17) is 14.2 Å². The molecule has 0 aromatic heterocycles. The van der Waals surface area contributed by atoms with Crippen LogP contribution in [0.25, 0.3) is 0 Å². The second-order valence-corrected chi connectivity index (χ2v) is 8.28. The maximum atomic E-state index is 12.8. The van der Waals surface area contributed by atoms with Gasteiger partial charge in [-0.1, -0.05) is 41.0 Å². The molecule has 2 heterocycles. The Morgan fingerprint density at radius 3 is 2.79 bits per heavy atom. The summed E-state index contributed by atoms with van der Waals surface area (Å²) in [5.74, 6) is 0.934. The van der Waals surface area contributed by atoms with E-state index in [9.17, 15) is 4.79 Å². The van der Waals surface area contributed by atoms with E-state index in [0.717, 1.165) is 28.0 Å². The Hall–Kier alpha value is -1.93. The average Bonchev–Trinajstić information content (AvgIpc) is 3.15. The van der Waals surface area contributed by atoms with Crippen LogP contribution in [0.4, 0.5) is 0 Å². The molecule has 0 saturated heterocycles. The van der Waals surface area contributed by atoms with Gasteiger partial charge in [-0.2, -0.15) is 0 Å². The Labute approximate surface area is 184 Å². The number of methoxy groups -OCH3 is 1. The van der Waals surface area contributed by atoms with E-state index >= 15 is 0 Å². The fourth-order valence-corrected chi connectivity index (χ4v) is 4.57. The van der Waals surface area contributed by atoms with Crippen LogP contribution in [0.3, 0.4) is 0 Å². The molecule has 0 N–H and O–H groups in total. The number of hydrogen-bond acceptors (Lipinski definition) is 7. The molecule has 0 radical (unpaired) electrons. The van der Waals surface area contributed by atoms with E-state index < -0.39 is 0 Å². The van der Waals surface area contributed by atoms with Crippen molar-refractivity contribution in [3.63, 3.8) is 0 Å². The van der Waals surface area contributed by atoms with Crippen molar-refractivity contribution in [3.8, 4) is 11.5 Å². The van der Waals surface area contributed by atoms with E-state index in [1.54, 1.807) is 14.0 Å². The van der Waals surface area contributed by atoms with Crippen LogP contribution >= 0.6 is 27.7 Å². The zero-order valence-corrected chi connectivity index (χ0v) is 19.4. The molecule has 1 aromatic carbocycles. The van der Waals surface area contributed by atoms with Gasteiger partial charge in [0.25, 0.3) is 0 Å². The minimum Gasteiger partial charge on any atom is -0.493 e. The summed E-state index contributed by atoms with van der Waals surface area (Å²) in [6.07, 6.45) is 3.96. The van der Waals surface area contributed by atoms with Gasteiger partial charge >= 0.3 is 5.97 Å². The van der Waals surface area contributed by atoms with Crippen LogP contribution < -0.4 is 9.47 Å². The van der Waals surface area contributed by atoms with Crippen molar-refractivity contribution in [3.05, 3.63) is 45.0 Å². The Balaban J connectivity index is 2.07. The molecule has 0 fully saturated rings. The molecule has 0 saturated carbocycles. The third-order valence-electron chi connectivity index (χ3n) is 4.65. The van der Waals surface area contributed by atoms with Gasteiger partial charge in [-0.15, -0.1) is 0 Å². The third-order valence-corrected chi connectivity index (χ3v) is 6.11. The lowest BCUT2D eigenvalue weighted by Crippen LogP contribution is -2.34. The van der Waals surface area contributed by atoms with Gasteiger partial charge in [-0.25, -0.2) is 9.79 Å². The number of nitrogens with zero attached hydrogens (tertiary/aromatic N) is 2. The molecule has 3 rings (SSSR count). The van der Waals surface area contributed by atoms with Gasteiger partial charge in [0.05, 0.1) is 37.6 Å². The number of carbonyl (C=O) groups is 1. The predicted octanol–water partition coefficient (Wildman–Crippen LogP) is 5.40. The SMILES string of the molecule is CCCCOc1cc(Br)c([C@H]2C(C(=O)OCC)=C(C)N=C3SC=CN32)cc1OC. The summed E-state index contributed by atoms with van der Waals surface area (Å²) in [7, 11) is 1.62. The molecule has 29 heavy (non-hydrogen) atoms. The summed E-state index contributed by atoms with van der Waals surface area (Å²) >= 11 is 5.21. The van der Waals surface area contributed by atoms with Gasteiger partial charge in [0.15, 0.2) is 16.7 Å². The molecule has 6 nitrogen and oxygen atoms in total. The Kier molecular flexibility index (Phi) is 7.29. The number of ether oxygens (including phenoxy) is 3. The molecule has 0 bridgehead atoms. The van der Waals surface area contributed by atoms with E-state index in [-0.39, 0.29) is 12.0 Å². The number of fused-ring (bicyclic) bond motifs is 1. The van der Waals surface area contributed by atoms with Crippen LogP contribution in [-0.4, -0.2) is 36.4 Å². The molecule has 1 atom stereocenters. The van der Waals surface area contributed by atoms with Crippen molar-refractivity contribution >= 4 is 38.8 Å². The average molecular weight is 481 g/mol. The van der Waals surface area contributed by atoms with Crippen LogP contribution in [-0.2, 0) is 9.53 Å². The highest BCUT2D eigenvalue weighted by molar-refractivity contribution is 9.10. The number of carbonyl (C=O) groups excluding carboxylic acids is 1. The topological polar surface area (TPSA) is 60.4 Å². The van der Waals surface area contributed by atoms with Gasteiger partial charge < -0.3 is 19.1 Å². The number of hydrogen-bond donors (Lipinski definition) is 0. The van der Waals surface area contributed by atoms with Crippen LogP contribution in [0, 0.1) is 0 Å². The summed E-state index contributed by atoms with van der Waals surface area (Å²) in [6, 6.07) is 3.45. The molecule has 0 aliphatic carbocycles. The quantitative estimate of drug-likeness (QED) is 0.366. The van der Waals surface area contributed by atoms with Crippen molar-refractivity contribution in [2.45, 2.75) is 39.7 Å². The highest BCUT2D eigenvalue weighted by Crippen LogP contribution is 2.46. The van der Waals surface area contributed by atoms with Crippen molar-refractivity contribution in [1.29, 1.82) is 0 Å². The summed E-state index contributed by atoms with van der Waals surface area (Å²) in [5.41, 5.74) is 2.06. The van der Waals surface area contributed by atoms with Crippen molar-refractivity contribution < 1.29 is 19.0 Å². The first-order valence-corrected chi connectivity index (χ1v) is 11.3. The maximum Gasteiger partial charge on any atom is 0.338 e. The van der Waals surface area contributed by atoms with Gasteiger partial charge in [-0.05, 0) is 43.4 Å². The number of esters is 1. The normalized spacial score (nSPS) is 17.9. The van der Waals surface area contributed by atoms with Crippen LogP contribution in [0.2, 0.25) is 0 Å². The first kappa shape index (κ1) is 21.8. The van der Waals surface area contributed by atoms with Crippen molar-refractivity contribution in [2.75, 3.05) is 20.3 Å². The zero-order chi connectivity index (χ0) is 21.0. The summed E-state index contributed by atoms with van der Waals surface area (Å²) < 4.78 is 17.7. The van der Waals surface area contributed by atoms with E-state index in [1.165, 1.54) is 11.8 Å². The number of benzene rings is 1. The zero-order valence-electron chi connectivity index (χ0n) is 17.0.